The fourth-order valence-corrected chi connectivity index (χ4v) is 1.22. The summed E-state index contributed by atoms with van der Waals surface area (Å²) in [6.07, 6.45) is -0.0549. The quantitative estimate of drug-likeness (QED) is 0.366. The molecule has 0 aliphatic heterocycles. The number of nitrogens with two attached hydrogens (primary N) is 1. The molecule has 0 rings (SSSR count). The summed E-state index contributed by atoms with van der Waals surface area (Å²) in [6.45, 7) is 3.55. The Balaban J connectivity index is 3.91. The first-order valence-electron chi connectivity index (χ1n) is 6.38. The van der Waals surface area contributed by atoms with E-state index in [4.69, 9.17) is 15.6 Å². The van der Waals surface area contributed by atoms with E-state index in [0.29, 0.717) is 0 Å². The molecule has 0 aliphatic rings. The zero-order valence-corrected chi connectivity index (χ0v) is 11.7. The van der Waals surface area contributed by atoms with Crippen LogP contribution in [0.3, 0.4) is 0 Å². The van der Waals surface area contributed by atoms with Crippen LogP contribution in [0, 0.1) is 0 Å². The number of ether oxygens (including phenoxy) is 3. The fraction of sp³-hybridized carbons (Fsp3) is 0.750. The Hall–Kier alpha value is -1.83. The van der Waals surface area contributed by atoms with E-state index < -0.39 is 36.8 Å². The van der Waals surface area contributed by atoms with Gasteiger partial charge in [0.05, 0.1) is 13.0 Å². The number of rotatable bonds is 9. The molecule has 0 spiro atoms. The maximum atomic E-state index is 11.3. The standard InChI is InChI=1S/C12H21NO7/c1-3-4-5-6-18-12(17)20-8(2)19-11(16)9(13)7-10(14)15/h8-9H,3-7,13H2,1-2H3,(H,14,15). The van der Waals surface area contributed by atoms with Crippen LogP contribution in [0.1, 0.15) is 39.5 Å². The van der Waals surface area contributed by atoms with Crippen LogP contribution in [0.5, 0.6) is 0 Å². The predicted octanol–water partition coefficient (Wildman–Crippen LogP) is 1.02. The zero-order chi connectivity index (χ0) is 15.5. The second kappa shape index (κ2) is 10.0. The lowest BCUT2D eigenvalue weighted by Gasteiger charge is -2.16. The lowest BCUT2D eigenvalue weighted by Crippen LogP contribution is -2.37. The number of carbonyl (C=O) groups excluding carboxylic acids is 2. The van der Waals surface area contributed by atoms with Gasteiger partial charge in [-0.05, 0) is 6.42 Å². The second-order valence-corrected chi connectivity index (χ2v) is 4.13. The first kappa shape index (κ1) is 18.2. The second-order valence-electron chi connectivity index (χ2n) is 4.13. The van der Waals surface area contributed by atoms with Gasteiger partial charge in [0.15, 0.2) is 0 Å². The number of carbonyl (C=O) groups is 3. The Morgan fingerprint density at radius 3 is 2.40 bits per heavy atom. The average molecular weight is 291 g/mol. The van der Waals surface area contributed by atoms with E-state index in [1.165, 1.54) is 6.92 Å². The molecule has 0 saturated carbocycles. The summed E-state index contributed by atoms with van der Waals surface area (Å²) in [5.41, 5.74) is 5.28. The maximum absolute atomic E-state index is 11.3. The lowest BCUT2D eigenvalue weighted by atomic mass is 10.2. The van der Waals surface area contributed by atoms with E-state index in [1.807, 2.05) is 6.92 Å². The Morgan fingerprint density at radius 1 is 1.20 bits per heavy atom. The van der Waals surface area contributed by atoms with Crippen molar-refractivity contribution in [3.63, 3.8) is 0 Å². The molecule has 0 amide bonds. The van der Waals surface area contributed by atoms with Gasteiger partial charge >= 0.3 is 18.1 Å². The third-order valence-corrected chi connectivity index (χ3v) is 2.21. The van der Waals surface area contributed by atoms with Gasteiger partial charge in [-0.1, -0.05) is 19.8 Å². The highest BCUT2D eigenvalue weighted by Crippen LogP contribution is 2.02. The van der Waals surface area contributed by atoms with Crippen molar-refractivity contribution >= 4 is 18.1 Å². The van der Waals surface area contributed by atoms with E-state index >= 15 is 0 Å². The molecule has 0 radical (unpaired) electrons. The predicted molar refractivity (Wildman–Crippen MR) is 67.7 cm³/mol. The van der Waals surface area contributed by atoms with Gasteiger partial charge in [0.1, 0.15) is 6.04 Å². The summed E-state index contributed by atoms with van der Waals surface area (Å²) in [5.74, 6) is -2.18. The van der Waals surface area contributed by atoms with Crippen LogP contribution >= 0.6 is 0 Å². The molecule has 116 valence electrons. The van der Waals surface area contributed by atoms with Crippen molar-refractivity contribution in [1.82, 2.24) is 0 Å². The normalized spacial score (nSPS) is 13.2. The van der Waals surface area contributed by atoms with Gasteiger partial charge in [0, 0.05) is 6.92 Å². The van der Waals surface area contributed by atoms with Crippen molar-refractivity contribution < 1.29 is 33.7 Å². The number of unbranched alkanes of at least 4 members (excludes halogenated alkanes) is 2. The van der Waals surface area contributed by atoms with E-state index in [-0.39, 0.29) is 6.61 Å². The Kier molecular flexibility index (Phi) is 9.10. The molecule has 0 bridgehead atoms. The van der Waals surface area contributed by atoms with Gasteiger partial charge in [0.25, 0.3) is 0 Å². The topological polar surface area (TPSA) is 125 Å². The van der Waals surface area contributed by atoms with Crippen LogP contribution < -0.4 is 5.73 Å². The molecule has 2 atom stereocenters. The summed E-state index contributed by atoms with van der Waals surface area (Å²) >= 11 is 0. The number of esters is 1. The molecule has 0 aromatic heterocycles. The Bertz CT molecular complexity index is 332. The number of aliphatic carboxylic acids is 1. The number of hydrogen-bond donors (Lipinski definition) is 2. The van der Waals surface area contributed by atoms with E-state index in [0.717, 1.165) is 19.3 Å². The fourth-order valence-electron chi connectivity index (χ4n) is 1.22. The minimum absolute atomic E-state index is 0.228. The van der Waals surface area contributed by atoms with Gasteiger partial charge in [-0.15, -0.1) is 0 Å². The molecular formula is C12H21NO7. The zero-order valence-electron chi connectivity index (χ0n) is 11.7. The third kappa shape index (κ3) is 9.15. The largest absolute Gasteiger partial charge is 0.511 e. The molecule has 0 saturated heterocycles. The number of carboxylic acid groups (broad SMARTS) is 1. The van der Waals surface area contributed by atoms with E-state index in [9.17, 15) is 14.4 Å². The van der Waals surface area contributed by atoms with Crippen molar-refractivity contribution in [2.75, 3.05) is 6.61 Å². The highest BCUT2D eigenvalue weighted by molar-refractivity contribution is 5.81. The minimum Gasteiger partial charge on any atom is -0.481 e. The van der Waals surface area contributed by atoms with Crippen LogP contribution in [-0.2, 0) is 23.8 Å². The van der Waals surface area contributed by atoms with E-state index in [1.54, 1.807) is 0 Å². The van der Waals surface area contributed by atoms with Crippen LogP contribution in [-0.4, -0.2) is 42.1 Å². The van der Waals surface area contributed by atoms with Crippen LogP contribution in [0.2, 0.25) is 0 Å². The summed E-state index contributed by atoms with van der Waals surface area (Å²) in [4.78, 5) is 32.9. The molecule has 8 heteroatoms. The summed E-state index contributed by atoms with van der Waals surface area (Å²) < 4.78 is 14.1. The molecule has 3 N–H and O–H groups in total. The van der Waals surface area contributed by atoms with Gasteiger partial charge in [0.2, 0.25) is 6.29 Å². The molecule has 2 unspecified atom stereocenters. The monoisotopic (exact) mass is 291 g/mol. The minimum atomic E-state index is -1.31. The molecule has 0 aromatic carbocycles. The Labute approximate surface area is 117 Å². The third-order valence-electron chi connectivity index (χ3n) is 2.21. The van der Waals surface area contributed by atoms with Gasteiger partial charge in [-0.2, -0.15) is 0 Å². The molecule has 0 aromatic rings. The molecule has 0 heterocycles. The van der Waals surface area contributed by atoms with Crippen LogP contribution in [0.25, 0.3) is 0 Å². The lowest BCUT2D eigenvalue weighted by molar-refractivity contribution is -0.171. The smallest absolute Gasteiger partial charge is 0.481 e. The van der Waals surface area contributed by atoms with Gasteiger partial charge in [-0.25, -0.2) is 4.79 Å². The van der Waals surface area contributed by atoms with Crippen molar-refractivity contribution in [2.24, 2.45) is 5.73 Å². The van der Waals surface area contributed by atoms with Crippen LogP contribution in [0.15, 0.2) is 0 Å². The van der Waals surface area contributed by atoms with Gasteiger partial charge in [-0.3, -0.25) is 9.59 Å². The highest BCUT2D eigenvalue weighted by Gasteiger charge is 2.22. The SMILES string of the molecule is CCCCCOC(=O)OC(C)OC(=O)C(N)CC(=O)O. The van der Waals surface area contributed by atoms with Gasteiger partial charge < -0.3 is 25.1 Å². The first-order valence-corrected chi connectivity index (χ1v) is 6.38. The molecule has 8 nitrogen and oxygen atoms in total. The summed E-state index contributed by atoms with van der Waals surface area (Å²) in [7, 11) is 0. The van der Waals surface area contributed by atoms with E-state index in [2.05, 4.69) is 9.47 Å². The van der Waals surface area contributed by atoms with Crippen LogP contribution in [0.4, 0.5) is 4.79 Å². The molecule has 0 aliphatic carbocycles. The number of hydrogen-bond acceptors (Lipinski definition) is 7. The van der Waals surface area contributed by atoms with Crippen molar-refractivity contribution in [3.05, 3.63) is 0 Å². The van der Waals surface area contributed by atoms with Crippen molar-refractivity contribution in [3.8, 4) is 0 Å². The molecule has 0 fully saturated rings. The Morgan fingerprint density at radius 2 is 1.85 bits per heavy atom. The molecular weight excluding hydrogens is 270 g/mol. The summed E-state index contributed by atoms with van der Waals surface area (Å²) in [6, 6.07) is -1.31. The maximum Gasteiger partial charge on any atom is 0.511 e. The van der Waals surface area contributed by atoms with Crippen molar-refractivity contribution in [2.45, 2.75) is 51.9 Å². The molecule has 20 heavy (non-hydrogen) atoms. The summed E-state index contributed by atoms with van der Waals surface area (Å²) in [5, 5.41) is 8.46. The highest BCUT2D eigenvalue weighted by atomic mass is 16.8. The average Bonchev–Trinajstić information content (AvgIpc) is 2.33. The first-order chi connectivity index (χ1) is 9.36. The van der Waals surface area contributed by atoms with Crippen molar-refractivity contribution in [1.29, 1.82) is 0 Å². The number of carboxylic acids is 1.